The Balaban J connectivity index is 2.13. The lowest BCUT2D eigenvalue weighted by Gasteiger charge is -2.40. The molecule has 0 N–H and O–H groups in total. The Morgan fingerprint density at radius 3 is 2.32 bits per heavy atom. The van der Waals surface area contributed by atoms with Crippen molar-refractivity contribution in [3.8, 4) is 0 Å². The van der Waals surface area contributed by atoms with Gasteiger partial charge in [0, 0.05) is 6.42 Å². The maximum Gasteiger partial charge on any atom is 0.104 e. The van der Waals surface area contributed by atoms with Crippen molar-refractivity contribution in [1.82, 2.24) is 0 Å². The van der Waals surface area contributed by atoms with E-state index < -0.39 is 0 Å². The number of quaternary nitrogens is 2. The van der Waals surface area contributed by atoms with Gasteiger partial charge in [-0.15, -0.1) is 0 Å². The van der Waals surface area contributed by atoms with Gasteiger partial charge < -0.3 is 13.7 Å². The Morgan fingerprint density at radius 1 is 1.21 bits per heavy atom. The van der Waals surface area contributed by atoms with Crippen molar-refractivity contribution in [2.75, 3.05) is 61.0 Å². The predicted octanol–water partition coefficient (Wildman–Crippen LogP) is 2.36. The van der Waals surface area contributed by atoms with Gasteiger partial charge >= 0.3 is 0 Å². The van der Waals surface area contributed by atoms with Gasteiger partial charge in [0.1, 0.15) is 12.6 Å². The van der Waals surface area contributed by atoms with Crippen LogP contribution in [0, 0.1) is 5.92 Å². The first-order chi connectivity index (χ1) is 8.70. The van der Waals surface area contributed by atoms with Crippen LogP contribution in [0.3, 0.4) is 0 Å². The summed E-state index contributed by atoms with van der Waals surface area (Å²) in [4.78, 5) is 0. The molecule has 0 aromatic heterocycles. The molecule has 3 nitrogen and oxygen atoms in total. The highest BCUT2D eigenvalue weighted by molar-refractivity contribution is 4.59. The molecule has 1 unspecified atom stereocenters. The zero-order chi connectivity index (χ0) is 14.5. The second kappa shape index (κ2) is 7.05. The lowest BCUT2D eigenvalue weighted by Crippen LogP contribution is -2.50. The van der Waals surface area contributed by atoms with E-state index in [2.05, 4.69) is 42.0 Å². The van der Waals surface area contributed by atoms with Crippen LogP contribution in [-0.2, 0) is 4.74 Å². The third-order valence-electron chi connectivity index (χ3n) is 4.37. The van der Waals surface area contributed by atoms with Crippen LogP contribution in [-0.4, -0.2) is 76.0 Å². The van der Waals surface area contributed by atoms with Crippen molar-refractivity contribution in [1.29, 1.82) is 0 Å². The lowest BCUT2D eigenvalue weighted by atomic mass is 9.97. The van der Waals surface area contributed by atoms with Crippen LogP contribution >= 0.6 is 0 Å². The maximum atomic E-state index is 5.95. The van der Waals surface area contributed by atoms with Gasteiger partial charge in [-0.2, -0.15) is 0 Å². The van der Waals surface area contributed by atoms with Gasteiger partial charge in [-0.25, -0.2) is 0 Å². The second-order valence-corrected chi connectivity index (χ2v) is 7.98. The van der Waals surface area contributed by atoms with E-state index in [1.54, 1.807) is 0 Å². The standard InChI is InChI=1S/C16H36N2O/c1-15-8-11-18(6,12-9-15)10-7-13-19-16(2)14-17(3,4)5/h15-16H,7-14H2,1-6H3/q+2. The van der Waals surface area contributed by atoms with Crippen molar-refractivity contribution in [2.24, 2.45) is 5.92 Å². The molecule has 1 heterocycles. The van der Waals surface area contributed by atoms with Crippen LogP contribution in [0.4, 0.5) is 0 Å². The van der Waals surface area contributed by atoms with Gasteiger partial charge in [0.2, 0.25) is 0 Å². The molecule has 0 saturated carbocycles. The quantitative estimate of drug-likeness (QED) is 0.511. The molecule has 114 valence electrons. The number of hydrogen-bond donors (Lipinski definition) is 0. The number of ether oxygens (including phenoxy) is 1. The zero-order valence-electron chi connectivity index (χ0n) is 14.1. The molecule has 1 atom stereocenters. The molecule has 19 heavy (non-hydrogen) atoms. The van der Waals surface area contributed by atoms with E-state index in [0.29, 0.717) is 6.10 Å². The van der Waals surface area contributed by atoms with Crippen molar-refractivity contribution in [3.05, 3.63) is 0 Å². The van der Waals surface area contributed by atoms with Crippen LogP contribution < -0.4 is 0 Å². The summed E-state index contributed by atoms with van der Waals surface area (Å²) in [5, 5.41) is 0. The SMILES string of the molecule is CC1CC[N+](C)(CCCOC(C)C[N+](C)(C)C)CC1. The monoisotopic (exact) mass is 272 g/mol. The molecule has 0 radical (unpaired) electrons. The van der Waals surface area contributed by atoms with Crippen LogP contribution in [0.5, 0.6) is 0 Å². The van der Waals surface area contributed by atoms with Gasteiger partial charge in [-0.3, -0.25) is 0 Å². The summed E-state index contributed by atoms with van der Waals surface area (Å²) in [6.45, 7) is 10.6. The second-order valence-electron chi connectivity index (χ2n) is 7.98. The van der Waals surface area contributed by atoms with Crippen LogP contribution in [0.2, 0.25) is 0 Å². The fraction of sp³-hybridized carbons (Fsp3) is 1.00. The Hall–Kier alpha value is -0.120. The van der Waals surface area contributed by atoms with Gasteiger partial charge in [-0.05, 0) is 25.7 Å². The average Bonchev–Trinajstić information content (AvgIpc) is 2.27. The summed E-state index contributed by atoms with van der Waals surface area (Å²) < 4.78 is 8.19. The molecule has 3 heteroatoms. The minimum Gasteiger partial charge on any atom is -0.372 e. The number of nitrogens with zero attached hydrogens (tertiary/aromatic N) is 2. The highest BCUT2D eigenvalue weighted by atomic mass is 16.5. The zero-order valence-corrected chi connectivity index (χ0v) is 14.1. The molecule has 0 aromatic rings. The third kappa shape index (κ3) is 7.28. The summed E-state index contributed by atoms with van der Waals surface area (Å²) in [6, 6.07) is 0. The molecule has 1 rings (SSSR count). The van der Waals surface area contributed by atoms with Crippen LogP contribution in [0.1, 0.15) is 33.1 Å². The van der Waals surface area contributed by atoms with Crippen molar-refractivity contribution >= 4 is 0 Å². The van der Waals surface area contributed by atoms with E-state index in [0.717, 1.165) is 23.6 Å². The summed E-state index contributed by atoms with van der Waals surface area (Å²) in [7, 11) is 9.09. The van der Waals surface area contributed by atoms with E-state index in [4.69, 9.17) is 4.74 Å². The Labute approximate surface area is 120 Å². The Kier molecular flexibility index (Phi) is 6.28. The van der Waals surface area contributed by atoms with E-state index in [1.807, 2.05) is 0 Å². The topological polar surface area (TPSA) is 9.23 Å². The number of hydrogen-bond acceptors (Lipinski definition) is 1. The van der Waals surface area contributed by atoms with Crippen molar-refractivity contribution in [2.45, 2.75) is 39.2 Å². The fourth-order valence-corrected chi connectivity index (χ4v) is 3.10. The van der Waals surface area contributed by atoms with Gasteiger partial charge in [0.05, 0.1) is 54.4 Å². The highest BCUT2D eigenvalue weighted by Gasteiger charge is 2.27. The molecule has 0 bridgehead atoms. The molecule has 1 fully saturated rings. The molecular formula is C16H36N2O+2. The number of piperidine rings is 1. The molecule has 0 spiro atoms. The van der Waals surface area contributed by atoms with Crippen LogP contribution in [0.25, 0.3) is 0 Å². The van der Waals surface area contributed by atoms with Gasteiger partial charge in [0.15, 0.2) is 0 Å². The summed E-state index contributed by atoms with van der Waals surface area (Å²) >= 11 is 0. The van der Waals surface area contributed by atoms with E-state index in [-0.39, 0.29) is 0 Å². The minimum atomic E-state index is 0.367. The molecule has 0 aromatic carbocycles. The maximum absolute atomic E-state index is 5.95. The number of likely N-dealkylation sites (tertiary alicyclic amines) is 1. The van der Waals surface area contributed by atoms with Crippen LogP contribution in [0.15, 0.2) is 0 Å². The molecule has 1 aliphatic rings. The fourth-order valence-electron chi connectivity index (χ4n) is 3.10. The molecule has 1 aliphatic heterocycles. The Morgan fingerprint density at radius 2 is 1.79 bits per heavy atom. The first-order valence-corrected chi connectivity index (χ1v) is 7.96. The minimum absolute atomic E-state index is 0.367. The first-order valence-electron chi connectivity index (χ1n) is 7.96. The lowest BCUT2D eigenvalue weighted by molar-refractivity contribution is -0.915. The highest BCUT2D eigenvalue weighted by Crippen LogP contribution is 2.21. The van der Waals surface area contributed by atoms with E-state index in [9.17, 15) is 0 Å². The van der Waals surface area contributed by atoms with Crippen molar-refractivity contribution < 1.29 is 13.7 Å². The average molecular weight is 272 g/mol. The largest absolute Gasteiger partial charge is 0.372 e. The summed E-state index contributed by atoms with van der Waals surface area (Å²) in [6.07, 6.45) is 4.36. The summed E-state index contributed by atoms with van der Waals surface area (Å²) in [5.41, 5.74) is 0. The van der Waals surface area contributed by atoms with E-state index in [1.165, 1.54) is 43.4 Å². The van der Waals surface area contributed by atoms with Crippen molar-refractivity contribution in [3.63, 3.8) is 0 Å². The number of rotatable bonds is 7. The first kappa shape index (κ1) is 16.9. The third-order valence-corrected chi connectivity index (χ3v) is 4.37. The molecule has 0 amide bonds. The predicted molar refractivity (Wildman–Crippen MR) is 82.1 cm³/mol. The Bertz CT molecular complexity index is 252. The van der Waals surface area contributed by atoms with Gasteiger partial charge in [-0.1, -0.05) is 6.92 Å². The van der Waals surface area contributed by atoms with Gasteiger partial charge in [0.25, 0.3) is 0 Å². The normalized spacial score (nSPS) is 30.3. The smallest absolute Gasteiger partial charge is 0.104 e. The summed E-state index contributed by atoms with van der Waals surface area (Å²) in [5.74, 6) is 0.937. The molecule has 0 aliphatic carbocycles. The molecular weight excluding hydrogens is 236 g/mol. The number of likely N-dealkylation sites (N-methyl/N-ethyl adjacent to an activating group) is 1. The molecule has 1 saturated heterocycles. The van der Waals surface area contributed by atoms with E-state index >= 15 is 0 Å².